The van der Waals surface area contributed by atoms with Crippen LogP contribution in [0.25, 0.3) is 21.5 Å². The zero-order valence-electron chi connectivity index (χ0n) is 18.6. The van der Waals surface area contributed by atoms with Crippen LogP contribution in [-0.2, 0) is 30.4 Å². The van der Waals surface area contributed by atoms with Crippen molar-refractivity contribution >= 4 is 51.9 Å². The Kier molecular flexibility index (Phi) is 10.6. The van der Waals surface area contributed by atoms with Gasteiger partial charge in [-0.2, -0.15) is 25.3 Å². The van der Waals surface area contributed by atoms with Crippen molar-refractivity contribution in [2.45, 2.75) is 14.7 Å². The summed E-state index contributed by atoms with van der Waals surface area (Å²) in [5, 5.41) is 0.593. The molecule has 144 valence electrons. The van der Waals surface area contributed by atoms with Gasteiger partial charge in [-0.1, -0.05) is 6.07 Å². The van der Waals surface area contributed by atoms with Crippen LogP contribution in [0.4, 0.5) is 0 Å². The van der Waals surface area contributed by atoms with Crippen molar-refractivity contribution in [3.05, 3.63) is 42.5 Å². The maximum atomic E-state index is 11.6. The van der Waals surface area contributed by atoms with Crippen molar-refractivity contribution in [2.24, 2.45) is 0 Å². The summed E-state index contributed by atoms with van der Waals surface area (Å²) in [4.78, 5) is -1.91. The van der Waals surface area contributed by atoms with Crippen LogP contribution in [0.15, 0.2) is 57.2 Å². The van der Waals surface area contributed by atoms with Crippen LogP contribution in [0.3, 0.4) is 0 Å². The van der Waals surface area contributed by atoms with E-state index in [1.165, 1.54) is 18.2 Å². The van der Waals surface area contributed by atoms with Gasteiger partial charge in [0.25, 0.3) is 30.4 Å². The Hall–Kier alpha value is 0.910. The van der Waals surface area contributed by atoms with Crippen LogP contribution in [0, 0.1) is 0 Å². The molecule has 3 aromatic carbocycles. The largest absolute Gasteiger partial charge is 1.00 e. The van der Waals surface area contributed by atoms with E-state index in [0.29, 0.717) is 11.5 Å². The van der Waals surface area contributed by atoms with E-state index in [1.807, 2.05) is 0 Å². The fourth-order valence-corrected chi connectivity index (χ4v) is 4.41. The quantitative estimate of drug-likeness (QED) is 0.184. The van der Waals surface area contributed by atoms with Crippen molar-refractivity contribution in [3.63, 3.8) is 0 Å². The van der Waals surface area contributed by atoms with Gasteiger partial charge in [-0.05, 0) is 52.6 Å². The van der Waals surface area contributed by atoms with Crippen LogP contribution in [-0.4, -0.2) is 38.9 Å². The SMILES string of the molecule is O=S(=O)(O)c1ccc2cc3c(S(=O)(=O)O)cc(S(=O)(=O)O)cc3cc2c1.[H-].[H-].[H-].[Na+].[Na+].[Na+]. The van der Waals surface area contributed by atoms with Gasteiger partial charge in [-0.25, -0.2) is 0 Å². The van der Waals surface area contributed by atoms with Gasteiger partial charge < -0.3 is 4.28 Å². The Morgan fingerprint density at radius 3 is 1.55 bits per heavy atom. The van der Waals surface area contributed by atoms with Crippen LogP contribution in [0.5, 0.6) is 0 Å². The van der Waals surface area contributed by atoms with Crippen LogP contribution >= 0.6 is 0 Å². The summed E-state index contributed by atoms with van der Waals surface area (Å²) in [6.45, 7) is 0. The van der Waals surface area contributed by atoms with Crippen molar-refractivity contribution < 1.29 is 132 Å². The van der Waals surface area contributed by atoms with E-state index in [0.717, 1.165) is 18.2 Å². The summed E-state index contributed by atoms with van der Waals surface area (Å²) in [5.74, 6) is 0. The normalized spacial score (nSPS) is 12.0. The first-order valence-corrected chi connectivity index (χ1v) is 11.0. The smallest absolute Gasteiger partial charge is 1.00 e. The van der Waals surface area contributed by atoms with Crippen LogP contribution in [0.1, 0.15) is 4.28 Å². The Balaban J connectivity index is -0.000000653. The zero-order chi connectivity index (χ0) is 19.5. The minimum atomic E-state index is -4.82. The predicted molar refractivity (Wildman–Crippen MR) is 94.2 cm³/mol. The molecular formula is C14H13Na3O9S3. The van der Waals surface area contributed by atoms with Gasteiger partial charge in [0.2, 0.25) is 0 Å². The first kappa shape index (κ1) is 29.9. The monoisotopic (exact) mass is 490 g/mol. The predicted octanol–water partition coefficient (Wildman–Crippen LogP) is -6.92. The molecule has 3 N–H and O–H groups in total. The average molecular weight is 490 g/mol. The number of hydrogen-bond donors (Lipinski definition) is 3. The Bertz CT molecular complexity index is 1410. The standard InChI is InChI=1S/C14H10O9S3.3Na.3H/c15-24(16,17)11-2-1-8-6-13-10(3-9(8)4-11)5-12(25(18,19)20)7-14(13)26(21,22)23;;;;;;/h1-7H,(H,15,16,17)(H,18,19,20)(H,21,22,23);;;;;;/q;3*+1;3*-1. The summed E-state index contributed by atoms with van der Waals surface area (Å²) in [7, 11) is -14.1. The molecule has 9 nitrogen and oxygen atoms in total. The molecule has 0 heterocycles. The fraction of sp³-hybridized carbons (Fsp3) is 0. The summed E-state index contributed by atoms with van der Waals surface area (Å²) in [6.07, 6.45) is 0. The van der Waals surface area contributed by atoms with Gasteiger partial charge >= 0.3 is 88.7 Å². The number of rotatable bonds is 3. The molecule has 0 fully saturated rings. The first-order chi connectivity index (χ1) is 11.8. The second-order valence-corrected chi connectivity index (χ2v) is 9.66. The van der Waals surface area contributed by atoms with Crippen molar-refractivity contribution in [2.75, 3.05) is 0 Å². The molecule has 0 radical (unpaired) electrons. The minimum absolute atomic E-state index is 0. The van der Waals surface area contributed by atoms with E-state index in [4.69, 9.17) is 4.55 Å². The third-order valence-corrected chi connectivity index (χ3v) is 6.26. The van der Waals surface area contributed by atoms with E-state index < -0.39 is 45.0 Å². The molecule has 0 aromatic heterocycles. The van der Waals surface area contributed by atoms with Gasteiger partial charge in [0.15, 0.2) is 0 Å². The van der Waals surface area contributed by atoms with E-state index in [1.54, 1.807) is 0 Å². The van der Waals surface area contributed by atoms with Crippen LogP contribution in [0.2, 0.25) is 0 Å². The molecule has 0 bridgehead atoms. The summed E-state index contributed by atoms with van der Waals surface area (Å²) < 4.78 is 96.1. The Labute approximate surface area is 237 Å². The van der Waals surface area contributed by atoms with Crippen molar-refractivity contribution in [1.82, 2.24) is 0 Å². The third kappa shape index (κ3) is 6.70. The van der Waals surface area contributed by atoms with Gasteiger partial charge in [-0.15, -0.1) is 0 Å². The molecule has 0 saturated heterocycles. The molecule has 3 rings (SSSR count). The van der Waals surface area contributed by atoms with Crippen molar-refractivity contribution in [1.29, 1.82) is 0 Å². The average Bonchev–Trinajstić information content (AvgIpc) is 2.48. The molecule has 0 saturated carbocycles. The molecule has 29 heavy (non-hydrogen) atoms. The van der Waals surface area contributed by atoms with Gasteiger partial charge in [0, 0.05) is 5.39 Å². The maximum absolute atomic E-state index is 11.6. The van der Waals surface area contributed by atoms with Gasteiger partial charge in [0.05, 0.1) is 9.79 Å². The van der Waals surface area contributed by atoms with Crippen LogP contribution < -0.4 is 88.7 Å². The molecule has 0 atom stereocenters. The molecule has 0 aliphatic rings. The molecule has 0 amide bonds. The third-order valence-electron chi connectivity index (χ3n) is 3.69. The Morgan fingerprint density at radius 2 is 1.07 bits per heavy atom. The second kappa shape index (κ2) is 10.2. The van der Waals surface area contributed by atoms with E-state index >= 15 is 0 Å². The Morgan fingerprint density at radius 1 is 0.552 bits per heavy atom. The number of benzene rings is 3. The summed E-state index contributed by atoms with van der Waals surface area (Å²) in [6, 6.07) is 7.67. The minimum Gasteiger partial charge on any atom is -1.00 e. The number of fused-ring (bicyclic) bond motifs is 2. The fourth-order valence-electron chi connectivity index (χ4n) is 2.55. The summed E-state index contributed by atoms with van der Waals surface area (Å²) >= 11 is 0. The van der Waals surface area contributed by atoms with Crippen molar-refractivity contribution in [3.8, 4) is 0 Å². The first-order valence-electron chi connectivity index (χ1n) is 6.71. The van der Waals surface area contributed by atoms with E-state index in [2.05, 4.69) is 0 Å². The van der Waals surface area contributed by atoms with Gasteiger partial charge in [0.1, 0.15) is 4.90 Å². The molecule has 3 aromatic rings. The summed E-state index contributed by atoms with van der Waals surface area (Å²) in [5.41, 5.74) is 0. The topological polar surface area (TPSA) is 163 Å². The number of hydrogen-bond acceptors (Lipinski definition) is 6. The zero-order valence-corrected chi connectivity index (χ0v) is 24.0. The molecular weight excluding hydrogens is 477 g/mol. The molecule has 15 heteroatoms. The van der Waals surface area contributed by atoms with Gasteiger partial charge in [-0.3, -0.25) is 13.7 Å². The maximum Gasteiger partial charge on any atom is 1.00 e. The van der Waals surface area contributed by atoms with E-state index in [-0.39, 0.29) is 109 Å². The molecule has 0 spiro atoms. The molecule has 0 aliphatic carbocycles. The molecule has 0 aliphatic heterocycles. The second-order valence-electron chi connectivity index (χ2n) is 5.43. The van der Waals surface area contributed by atoms with E-state index in [9.17, 15) is 34.4 Å². The molecule has 0 unspecified atom stereocenters.